The van der Waals surface area contributed by atoms with Crippen LogP contribution in [0.2, 0.25) is 0 Å². The number of aliphatic carboxylic acids is 1. The number of sulfonamides is 1. The first-order valence-corrected chi connectivity index (χ1v) is 8.23. The molecule has 0 amide bonds. The second-order valence-corrected chi connectivity index (χ2v) is 6.85. The summed E-state index contributed by atoms with van der Waals surface area (Å²) in [6.07, 6.45) is 0.714. The Morgan fingerprint density at radius 3 is 2.65 bits per heavy atom. The van der Waals surface area contributed by atoms with Gasteiger partial charge in [-0.3, -0.25) is 4.79 Å². The smallest absolute Gasteiger partial charge is 0.304 e. The van der Waals surface area contributed by atoms with Crippen molar-refractivity contribution in [2.45, 2.75) is 37.1 Å². The number of carboxylic acid groups (broad SMARTS) is 1. The Hall–Kier alpha value is -0.990. The van der Waals surface area contributed by atoms with Gasteiger partial charge in [0.05, 0.1) is 15.8 Å². The lowest BCUT2D eigenvalue weighted by molar-refractivity contribution is -0.137. The molecule has 20 heavy (non-hydrogen) atoms. The van der Waals surface area contributed by atoms with E-state index in [0.29, 0.717) is 12.8 Å². The molecule has 1 unspecified atom stereocenters. The lowest BCUT2D eigenvalue weighted by atomic mass is 10.1. The van der Waals surface area contributed by atoms with E-state index in [-0.39, 0.29) is 15.8 Å². The van der Waals surface area contributed by atoms with Crippen LogP contribution in [0.15, 0.2) is 27.6 Å². The molecule has 1 aromatic rings. The summed E-state index contributed by atoms with van der Waals surface area (Å²) >= 11 is 2.94. The molecule has 0 bridgehead atoms. The largest absolute Gasteiger partial charge is 0.481 e. The minimum Gasteiger partial charge on any atom is -0.481 e. The highest BCUT2D eigenvalue weighted by molar-refractivity contribution is 9.10. The summed E-state index contributed by atoms with van der Waals surface area (Å²) in [7, 11) is -3.94. The Kier molecular flexibility index (Phi) is 6.09. The summed E-state index contributed by atoms with van der Waals surface area (Å²) in [6.45, 7) is 1.82. The van der Waals surface area contributed by atoms with Crippen molar-refractivity contribution in [3.05, 3.63) is 28.5 Å². The Labute approximate surface area is 125 Å². The molecule has 2 N–H and O–H groups in total. The molecule has 0 heterocycles. The molecule has 1 atom stereocenters. The Morgan fingerprint density at radius 1 is 1.50 bits per heavy atom. The molecule has 112 valence electrons. The van der Waals surface area contributed by atoms with Crippen LogP contribution in [0.1, 0.15) is 26.2 Å². The van der Waals surface area contributed by atoms with E-state index < -0.39 is 27.9 Å². The fourth-order valence-electron chi connectivity index (χ4n) is 1.69. The third kappa shape index (κ3) is 4.84. The molecule has 0 aliphatic rings. The topological polar surface area (TPSA) is 83.5 Å². The molecule has 0 spiro atoms. The van der Waals surface area contributed by atoms with Gasteiger partial charge in [0.1, 0.15) is 5.82 Å². The van der Waals surface area contributed by atoms with Gasteiger partial charge in [0.25, 0.3) is 0 Å². The summed E-state index contributed by atoms with van der Waals surface area (Å²) in [5.74, 6) is -1.79. The predicted octanol–water partition coefficient (Wildman–Crippen LogP) is 2.51. The number of rotatable bonds is 7. The van der Waals surface area contributed by atoms with E-state index >= 15 is 0 Å². The second-order valence-electron chi connectivity index (χ2n) is 4.28. The van der Waals surface area contributed by atoms with Gasteiger partial charge in [-0.15, -0.1) is 0 Å². The van der Waals surface area contributed by atoms with Crippen molar-refractivity contribution in [2.75, 3.05) is 0 Å². The average Bonchev–Trinajstić information content (AvgIpc) is 2.31. The van der Waals surface area contributed by atoms with E-state index in [4.69, 9.17) is 5.11 Å². The van der Waals surface area contributed by atoms with Gasteiger partial charge in [-0.25, -0.2) is 17.5 Å². The van der Waals surface area contributed by atoms with Gasteiger partial charge in [0, 0.05) is 6.04 Å². The van der Waals surface area contributed by atoms with Crippen molar-refractivity contribution in [3.8, 4) is 0 Å². The lowest BCUT2D eigenvalue weighted by Gasteiger charge is -2.16. The minimum atomic E-state index is -3.94. The van der Waals surface area contributed by atoms with Crippen molar-refractivity contribution >= 4 is 31.9 Å². The van der Waals surface area contributed by atoms with Crippen molar-refractivity contribution < 1.29 is 22.7 Å². The van der Waals surface area contributed by atoms with Crippen LogP contribution in [-0.2, 0) is 14.8 Å². The van der Waals surface area contributed by atoms with Gasteiger partial charge in [0.2, 0.25) is 10.0 Å². The third-order valence-corrected chi connectivity index (χ3v) is 4.74. The summed E-state index contributed by atoms with van der Waals surface area (Å²) in [5, 5.41) is 8.76. The highest BCUT2D eigenvalue weighted by Crippen LogP contribution is 2.20. The van der Waals surface area contributed by atoms with Crippen LogP contribution >= 0.6 is 15.9 Å². The first-order chi connectivity index (χ1) is 9.26. The van der Waals surface area contributed by atoms with Crippen LogP contribution < -0.4 is 4.72 Å². The maximum absolute atomic E-state index is 13.4. The van der Waals surface area contributed by atoms with Crippen molar-refractivity contribution in [3.63, 3.8) is 0 Å². The van der Waals surface area contributed by atoms with E-state index in [1.54, 1.807) is 0 Å². The summed E-state index contributed by atoms with van der Waals surface area (Å²) < 4.78 is 40.0. The van der Waals surface area contributed by atoms with Crippen molar-refractivity contribution in [1.29, 1.82) is 0 Å². The number of carboxylic acids is 1. The zero-order chi connectivity index (χ0) is 15.3. The van der Waals surface area contributed by atoms with E-state index in [0.717, 1.165) is 6.07 Å². The molecule has 0 fully saturated rings. The average molecular weight is 368 g/mol. The monoisotopic (exact) mass is 367 g/mol. The molecule has 8 heteroatoms. The number of carbonyl (C=O) groups is 1. The van der Waals surface area contributed by atoms with Crippen LogP contribution in [0, 0.1) is 5.82 Å². The highest BCUT2D eigenvalue weighted by atomic mass is 79.9. The maximum atomic E-state index is 13.4. The van der Waals surface area contributed by atoms with Crippen molar-refractivity contribution in [2.24, 2.45) is 0 Å². The number of halogens is 2. The van der Waals surface area contributed by atoms with E-state index in [1.165, 1.54) is 12.1 Å². The molecular weight excluding hydrogens is 353 g/mol. The van der Waals surface area contributed by atoms with E-state index in [1.807, 2.05) is 6.92 Å². The van der Waals surface area contributed by atoms with Gasteiger partial charge in [0.15, 0.2) is 0 Å². The van der Waals surface area contributed by atoms with Gasteiger partial charge in [-0.05, 0) is 40.5 Å². The van der Waals surface area contributed by atoms with E-state index in [2.05, 4.69) is 20.7 Å². The van der Waals surface area contributed by atoms with Crippen LogP contribution in [0.5, 0.6) is 0 Å². The van der Waals surface area contributed by atoms with Gasteiger partial charge in [-0.2, -0.15) is 0 Å². The third-order valence-electron chi connectivity index (χ3n) is 2.58. The molecule has 0 aliphatic heterocycles. The molecule has 5 nitrogen and oxygen atoms in total. The normalized spacial score (nSPS) is 13.2. The standard InChI is InChI=1S/C12H15BrFNO4S/c1-2-3-8(6-12(16)17)15-20(18,19)9-4-5-10(13)11(14)7-9/h4-5,7-8,15H,2-3,6H2,1H3,(H,16,17). The molecule has 1 rings (SSSR count). The zero-order valence-corrected chi connectivity index (χ0v) is 13.2. The molecule has 0 radical (unpaired) electrons. The fraction of sp³-hybridized carbons (Fsp3) is 0.417. The minimum absolute atomic E-state index is 0.159. The number of hydrogen-bond acceptors (Lipinski definition) is 3. The molecule has 0 saturated carbocycles. The summed E-state index contributed by atoms with van der Waals surface area (Å²) in [5.41, 5.74) is 0. The lowest BCUT2D eigenvalue weighted by Crippen LogP contribution is -2.36. The zero-order valence-electron chi connectivity index (χ0n) is 10.8. The first kappa shape index (κ1) is 17.1. The summed E-state index contributed by atoms with van der Waals surface area (Å²) in [4.78, 5) is 10.5. The Balaban J connectivity index is 2.96. The van der Waals surface area contributed by atoms with Crippen molar-refractivity contribution in [1.82, 2.24) is 4.72 Å². The predicted molar refractivity (Wildman–Crippen MR) is 75.4 cm³/mol. The number of nitrogens with one attached hydrogen (secondary N) is 1. The van der Waals surface area contributed by atoms with Gasteiger partial charge >= 0.3 is 5.97 Å². The molecule has 0 saturated heterocycles. The quantitative estimate of drug-likeness (QED) is 0.775. The highest BCUT2D eigenvalue weighted by Gasteiger charge is 2.22. The summed E-state index contributed by atoms with van der Waals surface area (Å²) in [6, 6.07) is 2.71. The Bertz CT molecular complexity index is 591. The van der Waals surface area contributed by atoms with Gasteiger partial charge < -0.3 is 5.11 Å². The van der Waals surface area contributed by atoms with E-state index in [9.17, 15) is 17.6 Å². The first-order valence-electron chi connectivity index (χ1n) is 5.95. The Morgan fingerprint density at radius 2 is 2.15 bits per heavy atom. The van der Waals surface area contributed by atoms with Crippen LogP contribution in [0.3, 0.4) is 0 Å². The maximum Gasteiger partial charge on any atom is 0.304 e. The van der Waals surface area contributed by atoms with Gasteiger partial charge in [-0.1, -0.05) is 13.3 Å². The molecule has 0 aromatic heterocycles. The van der Waals surface area contributed by atoms with Crippen LogP contribution in [0.4, 0.5) is 4.39 Å². The van der Waals surface area contributed by atoms with Crippen LogP contribution in [0.25, 0.3) is 0 Å². The fourth-order valence-corrected chi connectivity index (χ4v) is 3.22. The number of benzene rings is 1. The number of hydrogen-bond donors (Lipinski definition) is 2. The molecule has 1 aromatic carbocycles. The van der Waals surface area contributed by atoms with Crippen LogP contribution in [-0.4, -0.2) is 25.5 Å². The SMILES string of the molecule is CCCC(CC(=O)O)NS(=O)(=O)c1ccc(Br)c(F)c1. The second kappa shape index (κ2) is 7.14. The molecule has 0 aliphatic carbocycles. The molecular formula is C12H15BrFNO4S.